The molecule has 5 heteroatoms. The summed E-state index contributed by atoms with van der Waals surface area (Å²) in [5, 5.41) is 3.77. The Morgan fingerprint density at radius 3 is 2.89 bits per heavy atom. The van der Waals surface area contributed by atoms with Crippen LogP contribution in [0.5, 0.6) is 5.75 Å². The third-order valence-electron chi connectivity index (χ3n) is 2.86. The van der Waals surface area contributed by atoms with Crippen molar-refractivity contribution < 1.29 is 4.74 Å². The Kier molecular flexibility index (Phi) is 3.89. The Balaban J connectivity index is 2.51. The fourth-order valence-electron chi connectivity index (χ4n) is 1.90. The molecule has 1 aromatic heterocycles. The molecule has 0 bridgehead atoms. The first kappa shape index (κ1) is 12.9. The molecule has 96 valence electrons. The fraction of sp³-hybridized carbons (Fsp3) is 0.308. The summed E-state index contributed by atoms with van der Waals surface area (Å²) in [5.41, 5.74) is 1.93. The van der Waals surface area contributed by atoms with Crippen LogP contribution in [0.1, 0.15) is 5.82 Å². The number of nitrogens with zero attached hydrogens (tertiary/aromatic N) is 2. The molecule has 0 atom stereocenters. The van der Waals surface area contributed by atoms with E-state index in [2.05, 4.69) is 10.3 Å². The maximum absolute atomic E-state index is 6.05. The average molecular weight is 266 g/mol. The maximum Gasteiger partial charge on any atom is 0.128 e. The van der Waals surface area contributed by atoms with E-state index in [1.54, 1.807) is 7.11 Å². The average Bonchev–Trinajstić information content (AvgIpc) is 2.72. The van der Waals surface area contributed by atoms with Crippen LogP contribution >= 0.6 is 11.6 Å². The smallest absolute Gasteiger partial charge is 0.128 e. The van der Waals surface area contributed by atoms with Crippen molar-refractivity contribution in [3.05, 3.63) is 35.2 Å². The van der Waals surface area contributed by atoms with Crippen molar-refractivity contribution in [1.82, 2.24) is 14.9 Å². The van der Waals surface area contributed by atoms with Crippen molar-refractivity contribution in [3.63, 3.8) is 0 Å². The van der Waals surface area contributed by atoms with Gasteiger partial charge in [-0.05, 0) is 25.2 Å². The number of rotatable bonds is 4. The zero-order chi connectivity index (χ0) is 13.1. The molecule has 2 aromatic rings. The molecule has 0 spiro atoms. The van der Waals surface area contributed by atoms with E-state index in [0.717, 1.165) is 29.4 Å². The predicted molar refractivity (Wildman–Crippen MR) is 73.0 cm³/mol. The number of hydrogen-bond donors (Lipinski definition) is 1. The summed E-state index contributed by atoms with van der Waals surface area (Å²) in [6, 6.07) is 5.57. The number of aromatic nitrogens is 2. The van der Waals surface area contributed by atoms with Gasteiger partial charge >= 0.3 is 0 Å². The van der Waals surface area contributed by atoms with Gasteiger partial charge in [-0.1, -0.05) is 11.6 Å². The van der Waals surface area contributed by atoms with E-state index in [4.69, 9.17) is 16.3 Å². The van der Waals surface area contributed by atoms with Gasteiger partial charge in [-0.3, -0.25) is 0 Å². The van der Waals surface area contributed by atoms with Crippen molar-refractivity contribution in [2.75, 3.05) is 14.2 Å². The first-order valence-corrected chi connectivity index (χ1v) is 6.04. The van der Waals surface area contributed by atoms with E-state index < -0.39 is 0 Å². The molecule has 1 N–H and O–H groups in total. The SMILES string of the molecule is CNCc1ncc(-c2cc(Cl)ccc2OC)n1C. The van der Waals surface area contributed by atoms with E-state index in [1.807, 2.05) is 43.1 Å². The number of benzene rings is 1. The second-order valence-corrected chi connectivity index (χ2v) is 4.43. The standard InChI is InChI=1S/C13H16ClN3O/c1-15-8-13-16-7-11(17(13)2)10-6-9(14)4-5-12(10)18-3/h4-7,15H,8H2,1-3H3. The topological polar surface area (TPSA) is 39.1 Å². The van der Waals surface area contributed by atoms with Crippen LogP contribution in [0, 0.1) is 0 Å². The molecular formula is C13H16ClN3O. The summed E-state index contributed by atoms with van der Waals surface area (Å²) in [6.07, 6.45) is 1.83. The number of ether oxygens (including phenoxy) is 1. The van der Waals surface area contributed by atoms with Crippen LogP contribution in [0.25, 0.3) is 11.3 Å². The van der Waals surface area contributed by atoms with Gasteiger partial charge in [0.1, 0.15) is 11.6 Å². The Morgan fingerprint density at radius 2 is 2.22 bits per heavy atom. The minimum atomic E-state index is 0.683. The van der Waals surface area contributed by atoms with E-state index in [0.29, 0.717) is 5.02 Å². The van der Waals surface area contributed by atoms with Gasteiger partial charge in [0.2, 0.25) is 0 Å². The molecule has 0 amide bonds. The van der Waals surface area contributed by atoms with E-state index >= 15 is 0 Å². The van der Waals surface area contributed by atoms with Crippen molar-refractivity contribution >= 4 is 11.6 Å². The van der Waals surface area contributed by atoms with E-state index in [9.17, 15) is 0 Å². The van der Waals surface area contributed by atoms with Gasteiger partial charge in [-0.25, -0.2) is 4.98 Å². The second-order valence-electron chi connectivity index (χ2n) is 3.99. The van der Waals surface area contributed by atoms with Crippen molar-refractivity contribution in [3.8, 4) is 17.0 Å². The largest absolute Gasteiger partial charge is 0.496 e. The number of halogens is 1. The molecule has 4 nitrogen and oxygen atoms in total. The molecule has 18 heavy (non-hydrogen) atoms. The molecule has 0 aliphatic heterocycles. The minimum absolute atomic E-state index is 0.683. The molecule has 0 saturated carbocycles. The molecule has 0 saturated heterocycles. The Morgan fingerprint density at radius 1 is 1.44 bits per heavy atom. The number of imidazole rings is 1. The molecule has 0 radical (unpaired) electrons. The number of hydrogen-bond acceptors (Lipinski definition) is 3. The molecule has 1 aromatic carbocycles. The van der Waals surface area contributed by atoms with Gasteiger partial charge in [-0.15, -0.1) is 0 Å². The summed E-state index contributed by atoms with van der Waals surface area (Å²) < 4.78 is 7.40. The fourth-order valence-corrected chi connectivity index (χ4v) is 2.07. The van der Waals surface area contributed by atoms with Gasteiger partial charge in [0, 0.05) is 17.6 Å². The lowest BCUT2D eigenvalue weighted by molar-refractivity contribution is 0.416. The molecular weight excluding hydrogens is 250 g/mol. The van der Waals surface area contributed by atoms with Crippen LogP contribution in [-0.2, 0) is 13.6 Å². The highest BCUT2D eigenvalue weighted by molar-refractivity contribution is 6.30. The second kappa shape index (κ2) is 5.42. The van der Waals surface area contributed by atoms with Crippen LogP contribution in [0.3, 0.4) is 0 Å². The number of nitrogens with one attached hydrogen (secondary N) is 1. The van der Waals surface area contributed by atoms with Crippen LogP contribution in [0.4, 0.5) is 0 Å². The summed E-state index contributed by atoms with van der Waals surface area (Å²) in [7, 11) is 5.53. The maximum atomic E-state index is 6.05. The summed E-state index contributed by atoms with van der Waals surface area (Å²) >= 11 is 6.05. The molecule has 1 heterocycles. The zero-order valence-corrected chi connectivity index (χ0v) is 11.5. The quantitative estimate of drug-likeness (QED) is 0.923. The van der Waals surface area contributed by atoms with Crippen LogP contribution in [0.15, 0.2) is 24.4 Å². The van der Waals surface area contributed by atoms with E-state index in [1.165, 1.54) is 0 Å². The van der Waals surface area contributed by atoms with Crippen LogP contribution < -0.4 is 10.1 Å². The lowest BCUT2D eigenvalue weighted by Gasteiger charge is -2.10. The summed E-state index contributed by atoms with van der Waals surface area (Å²) in [5.74, 6) is 1.76. The Labute approximate surface area is 112 Å². The lowest BCUT2D eigenvalue weighted by Crippen LogP contribution is -2.10. The van der Waals surface area contributed by atoms with Crippen LogP contribution in [-0.4, -0.2) is 23.7 Å². The molecule has 0 fully saturated rings. The molecule has 2 rings (SSSR count). The first-order valence-electron chi connectivity index (χ1n) is 5.66. The highest BCUT2D eigenvalue weighted by atomic mass is 35.5. The summed E-state index contributed by atoms with van der Waals surface area (Å²) in [4.78, 5) is 4.39. The number of methoxy groups -OCH3 is 1. The predicted octanol–water partition coefficient (Wildman–Crippen LogP) is 2.47. The van der Waals surface area contributed by atoms with Gasteiger partial charge in [0.05, 0.1) is 25.5 Å². The highest BCUT2D eigenvalue weighted by Gasteiger charge is 2.12. The van der Waals surface area contributed by atoms with E-state index in [-0.39, 0.29) is 0 Å². The molecule has 0 aliphatic carbocycles. The van der Waals surface area contributed by atoms with Crippen molar-refractivity contribution in [1.29, 1.82) is 0 Å². The summed E-state index contributed by atoms with van der Waals surface area (Å²) in [6.45, 7) is 0.722. The highest BCUT2D eigenvalue weighted by Crippen LogP contribution is 2.32. The Hall–Kier alpha value is -1.52. The zero-order valence-electron chi connectivity index (χ0n) is 10.7. The van der Waals surface area contributed by atoms with Crippen molar-refractivity contribution in [2.24, 2.45) is 7.05 Å². The van der Waals surface area contributed by atoms with Gasteiger partial charge in [0.25, 0.3) is 0 Å². The van der Waals surface area contributed by atoms with Gasteiger partial charge < -0.3 is 14.6 Å². The molecule has 0 aliphatic rings. The first-order chi connectivity index (χ1) is 8.67. The normalized spacial score (nSPS) is 10.7. The Bertz CT molecular complexity index is 551. The molecule has 0 unspecified atom stereocenters. The lowest BCUT2D eigenvalue weighted by atomic mass is 10.1. The third-order valence-corrected chi connectivity index (χ3v) is 3.09. The van der Waals surface area contributed by atoms with Crippen molar-refractivity contribution in [2.45, 2.75) is 6.54 Å². The van der Waals surface area contributed by atoms with Crippen LogP contribution in [0.2, 0.25) is 5.02 Å². The van der Waals surface area contributed by atoms with Gasteiger partial charge in [0.15, 0.2) is 0 Å². The third kappa shape index (κ3) is 2.35. The van der Waals surface area contributed by atoms with Gasteiger partial charge in [-0.2, -0.15) is 0 Å². The minimum Gasteiger partial charge on any atom is -0.496 e. The monoisotopic (exact) mass is 265 g/mol.